The number of nitrogens with one attached hydrogen (secondary N) is 2. The van der Waals surface area contributed by atoms with Gasteiger partial charge in [-0.05, 0) is 43.9 Å². The number of nitrogens with two attached hydrogens (primary N) is 1. The zero-order valence-corrected chi connectivity index (χ0v) is 13.9. The topological polar surface area (TPSA) is 80.0 Å². The van der Waals surface area contributed by atoms with Gasteiger partial charge in [0.25, 0.3) is 5.91 Å². The average Bonchev–Trinajstić information content (AvgIpc) is 3.04. The third-order valence-electron chi connectivity index (χ3n) is 4.48. The van der Waals surface area contributed by atoms with E-state index in [0.29, 0.717) is 5.82 Å². The lowest BCUT2D eigenvalue weighted by Gasteiger charge is -2.27. The van der Waals surface area contributed by atoms with E-state index in [-0.39, 0.29) is 29.6 Å². The number of hydrogen-bond acceptors (Lipinski definition) is 5. The number of pyridine rings is 1. The van der Waals surface area contributed by atoms with Gasteiger partial charge in [0.1, 0.15) is 11.6 Å². The highest BCUT2D eigenvalue weighted by Gasteiger charge is 2.24. The van der Waals surface area contributed by atoms with E-state index in [1.807, 2.05) is 11.8 Å². The summed E-state index contributed by atoms with van der Waals surface area (Å²) in [6.07, 6.45) is 5.76. The summed E-state index contributed by atoms with van der Waals surface area (Å²) in [6, 6.07) is 1.90. The van der Waals surface area contributed by atoms with Crippen molar-refractivity contribution in [2.45, 2.75) is 50.2 Å². The second kappa shape index (κ2) is 7.49. The summed E-state index contributed by atoms with van der Waals surface area (Å²) in [4.78, 5) is 16.6. The van der Waals surface area contributed by atoms with Crippen LogP contribution in [0.15, 0.2) is 12.3 Å². The Morgan fingerprint density at radius 3 is 2.74 bits per heavy atom. The molecule has 1 amide bonds. The monoisotopic (exact) mass is 338 g/mol. The highest BCUT2D eigenvalue weighted by Crippen LogP contribution is 2.23. The summed E-state index contributed by atoms with van der Waals surface area (Å²) in [5, 5.41) is 6.28. The lowest BCUT2D eigenvalue weighted by atomic mass is 9.91. The molecule has 23 heavy (non-hydrogen) atoms. The molecule has 2 fully saturated rings. The SMILES string of the molecule is NC1CCC(NC(=O)c2cc(F)cnc2NC2CCSC2)CC1. The molecule has 4 N–H and O–H groups in total. The van der Waals surface area contributed by atoms with Crippen molar-refractivity contribution >= 4 is 23.5 Å². The van der Waals surface area contributed by atoms with Crippen LogP contribution in [0.4, 0.5) is 10.2 Å². The molecular formula is C16H23FN4OS. The van der Waals surface area contributed by atoms with Gasteiger partial charge in [-0.3, -0.25) is 4.79 Å². The molecule has 2 aliphatic rings. The Balaban J connectivity index is 1.69. The molecule has 126 valence electrons. The number of anilines is 1. The molecule has 1 aliphatic heterocycles. The van der Waals surface area contributed by atoms with Gasteiger partial charge in [0, 0.05) is 23.9 Å². The number of hydrogen-bond donors (Lipinski definition) is 3. The molecule has 1 aromatic rings. The van der Waals surface area contributed by atoms with Crippen molar-refractivity contribution < 1.29 is 9.18 Å². The van der Waals surface area contributed by atoms with E-state index >= 15 is 0 Å². The number of nitrogens with zero attached hydrogens (tertiary/aromatic N) is 1. The van der Waals surface area contributed by atoms with E-state index in [0.717, 1.165) is 49.8 Å². The Morgan fingerprint density at radius 1 is 1.26 bits per heavy atom. The van der Waals surface area contributed by atoms with Crippen LogP contribution in [0.1, 0.15) is 42.5 Å². The fourth-order valence-electron chi connectivity index (χ4n) is 3.10. The maximum absolute atomic E-state index is 13.6. The van der Waals surface area contributed by atoms with Crippen LogP contribution in [0.3, 0.4) is 0 Å². The van der Waals surface area contributed by atoms with Gasteiger partial charge in [-0.25, -0.2) is 9.37 Å². The van der Waals surface area contributed by atoms with Gasteiger partial charge < -0.3 is 16.4 Å². The number of aromatic nitrogens is 1. The molecule has 1 saturated heterocycles. The maximum atomic E-state index is 13.6. The van der Waals surface area contributed by atoms with Crippen molar-refractivity contribution in [3.8, 4) is 0 Å². The number of amides is 1. The van der Waals surface area contributed by atoms with Crippen molar-refractivity contribution in [3.05, 3.63) is 23.6 Å². The van der Waals surface area contributed by atoms with Gasteiger partial charge in [-0.1, -0.05) is 0 Å². The van der Waals surface area contributed by atoms with Gasteiger partial charge in [0.05, 0.1) is 11.8 Å². The molecule has 0 radical (unpaired) electrons. The highest BCUT2D eigenvalue weighted by atomic mass is 32.2. The van der Waals surface area contributed by atoms with Crippen LogP contribution in [-0.2, 0) is 0 Å². The van der Waals surface area contributed by atoms with Crippen molar-refractivity contribution in [2.75, 3.05) is 16.8 Å². The molecule has 1 aromatic heterocycles. The van der Waals surface area contributed by atoms with E-state index in [4.69, 9.17) is 5.73 Å². The number of rotatable bonds is 4. The molecule has 1 saturated carbocycles. The second-order valence-electron chi connectivity index (χ2n) is 6.34. The first kappa shape index (κ1) is 16.5. The zero-order valence-electron chi connectivity index (χ0n) is 13.1. The van der Waals surface area contributed by atoms with Crippen LogP contribution < -0.4 is 16.4 Å². The van der Waals surface area contributed by atoms with Gasteiger partial charge in [0.2, 0.25) is 0 Å². The normalized spacial score (nSPS) is 27.7. The highest BCUT2D eigenvalue weighted by molar-refractivity contribution is 7.99. The number of carbonyl (C=O) groups is 1. The number of halogens is 1. The smallest absolute Gasteiger partial charge is 0.255 e. The minimum atomic E-state index is -0.493. The first-order chi connectivity index (χ1) is 11.1. The molecular weight excluding hydrogens is 315 g/mol. The predicted molar refractivity (Wildman–Crippen MR) is 91.2 cm³/mol. The van der Waals surface area contributed by atoms with Crippen LogP contribution in [0.25, 0.3) is 0 Å². The van der Waals surface area contributed by atoms with Crippen LogP contribution in [0, 0.1) is 5.82 Å². The Bertz CT molecular complexity index is 557. The Hall–Kier alpha value is -1.34. The van der Waals surface area contributed by atoms with Crippen molar-refractivity contribution in [3.63, 3.8) is 0 Å². The Kier molecular flexibility index (Phi) is 5.38. The summed E-state index contributed by atoms with van der Waals surface area (Å²) in [7, 11) is 0. The molecule has 1 unspecified atom stereocenters. The van der Waals surface area contributed by atoms with E-state index in [2.05, 4.69) is 15.6 Å². The molecule has 1 atom stereocenters. The lowest BCUT2D eigenvalue weighted by Crippen LogP contribution is -2.40. The first-order valence-corrected chi connectivity index (χ1v) is 9.33. The van der Waals surface area contributed by atoms with Gasteiger partial charge in [-0.15, -0.1) is 0 Å². The Morgan fingerprint density at radius 2 is 2.04 bits per heavy atom. The molecule has 0 bridgehead atoms. The van der Waals surface area contributed by atoms with Gasteiger partial charge in [0.15, 0.2) is 0 Å². The fraction of sp³-hybridized carbons (Fsp3) is 0.625. The standard InChI is InChI=1S/C16H23FN4OS/c17-10-7-14(15(19-8-10)20-13-5-6-23-9-13)16(22)21-12-3-1-11(18)2-4-12/h7-8,11-13H,1-6,9,18H2,(H,19,20)(H,21,22). The van der Waals surface area contributed by atoms with Crippen molar-refractivity contribution in [1.82, 2.24) is 10.3 Å². The van der Waals surface area contributed by atoms with Crippen LogP contribution in [-0.4, -0.2) is 40.5 Å². The first-order valence-electron chi connectivity index (χ1n) is 8.18. The summed E-state index contributed by atoms with van der Waals surface area (Å²) >= 11 is 1.87. The summed E-state index contributed by atoms with van der Waals surface area (Å²) in [6.45, 7) is 0. The number of carbonyl (C=O) groups excluding carboxylic acids is 1. The minimum absolute atomic E-state index is 0.112. The lowest BCUT2D eigenvalue weighted by molar-refractivity contribution is 0.0926. The van der Waals surface area contributed by atoms with Crippen molar-refractivity contribution in [2.24, 2.45) is 5.73 Å². The summed E-state index contributed by atoms with van der Waals surface area (Å²) in [5.41, 5.74) is 6.18. The quantitative estimate of drug-likeness (QED) is 0.784. The molecule has 0 aromatic carbocycles. The number of thioether (sulfide) groups is 1. The fourth-order valence-corrected chi connectivity index (χ4v) is 4.25. The minimum Gasteiger partial charge on any atom is -0.366 e. The predicted octanol–water partition coefficient (Wildman–Crippen LogP) is 2.14. The van der Waals surface area contributed by atoms with Crippen LogP contribution >= 0.6 is 11.8 Å². The van der Waals surface area contributed by atoms with E-state index in [9.17, 15) is 9.18 Å². The molecule has 7 heteroatoms. The molecule has 0 spiro atoms. The molecule has 1 aliphatic carbocycles. The van der Waals surface area contributed by atoms with E-state index < -0.39 is 5.82 Å². The second-order valence-corrected chi connectivity index (χ2v) is 7.49. The third kappa shape index (κ3) is 4.35. The largest absolute Gasteiger partial charge is 0.366 e. The Labute approximate surface area is 140 Å². The molecule has 2 heterocycles. The van der Waals surface area contributed by atoms with E-state index in [1.54, 1.807) is 0 Å². The summed E-state index contributed by atoms with van der Waals surface area (Å²) in [5.74, 6) is 1.81. The van der Waals surface area contributed by atoms with Crippen LogP contribution in [0.5, 0.6) is 0 Å². The summed E-state index contributed by atoms with van der Waals surface area (Å²) < 4.78 is 13.6. The molecule has 3 rings (SSSR count). The van der Waals surface area contributed by atoms with Gasteiger partial charge in [-0.2, -0.15) is 11.8 Å². The molecule has 5 nitrogen and oxygen atoms in total. The zero-order chi connectivity index (χ0) is 16.2. The van der Waals surface area contributed by atoms with Crippen molar-refractivity contribution in [1.29, 1.82) is 0 Å². The maximum Gasteiger partial charge on any atom is 0.255 e. The third-order valence-corrected chi connectivity index (χ3v) is 5.64. The average molecular weight is 338 g/mol. The van der Waals surface area contributed by atoms with Gasteiger partial charge >= 0.3 is 0 Å². The van der Waals surface area contributed by atoms with E-state index in [1.165, 1.54) is 6.07 Å². The van der Waals surface area contributed by atoms with Crippen LogP contribution in [0.2, 0.25) is 0 Å².